The molecule has 32 heavy (non-hydrogen) atoms. The van der Waals surface area contributed by atoms with Crippen molar-refractivity contribution in [2.24, 2.45) is 17.8 Å². The number of benzene rings is 1. The van der Waals surface area contributed by atoms with Gasteiger partial charge in [0.2, 0.25) is 0 Å². The molecular weight excluding hydrogens is 483 g/mol. The third kappa shape index (κ3) is 2.38. The minimum absolute atomic E-state index is 0.102. The third-order valence-electron chi connectivity index (χ3n) is 7.29. The van der Waals surface area contributed by atoms with E-state index in [9.17, 15) is 29.5 Å². The van der Waals surface area contributed by atoms with Crippen LogP contribution in [-0.4, -0.2) is 60.7 Å². The number of carbonyl (C=O) groups is 4. The van der Waals surface area contributed by atoms with E-state index in [0.717, 1.165) is 4.90 Å². The summed E-state index contributed by atoms with van der Waals surface area (Å²) >= 11 is 20.3. The third-order valence-corrected chi connectivity index (χ3v) is 9.03. The molecule has 2 aliphatic carbocycles. The summed E-state index contributed by atoms with van der Waals surface area (Å²) in [5, 5.41) is 20.0. The van der Waals surface area contributed by atoms with E-state index in [4.69, 9.17) is 34.8 Å². The van der Waals surface area contributed by atoms with Crippen molar-refractivity contribution in [3.63, 3.8) is 0 Å². The zero-order valence-electron chi connectivity index (χ0n) is 16.6. The van der Waals surface area contributed by atoms with Crippen LogP contribution in [0, 0.1) is 17.8 Å². The number of phenols is 1. The Bertz CT molecular complexity index is 1150. The Labute approximate surface area is 197 Å². The summed E-state index contributed by atoms with van der Waals surface area (Å²) in [6.45, 7) is 0. The SMILES string of the molecule is CN1C(=O)[C@]2(Cl)C[C@@H]3C(=CC[C@@H]4C(=O)N(O)C(=O)[C@@H]43)[C@H](c3ccc(O)cc3Cl)[C@]2(Cl)C1=O. The minimum Gasteiger partial charge on any atom is -0.508 e. The molecule has 6 atom stereocenters. The number of nitrogens with zero attached hydrogens (tertiary/aromatic N) is 2. The predicted octanol–water partition coefficient (Wildman–Crippen LogP) is 2.42. The summed E-state index contributed by atoms with van der Waals surface area (Å²) in [6, 6.07) is 4.15. The van der Waals surface area contributed by atoms with Crippen LogP contribution in [0.4, 0.5) is 0 Å². The monoisotopic (exact) mass is 498 g/mol. The van der Waals surface area contributed by atoms with Gasteiger partial charge < -0.3 is 5.11 Å². The van der Waals surface area contributed by atoms with Gasteiger partial charge in [0.05, 0.1) is 11.8 Å². The molecule has 2 N–H and O–H groups in total. The van der Waals surface area contributed by atoms with E-state index in [1.807, 2.05) is 0 Å². The second kappa shape index (κ2) is 6.70. The number of allylic oxidation sites excluding steroid dienone is 2. The van der Waals surface area contributed by atoms with E-state index in [2.05, 4.69) is 0 Å². The topological polar surface area (TPSA) is 115 Å². The van der Waals surface area contributed by atoms with Crippen LogP contribution >= 0.6 is 34.8 Å². The minimum atomic E-state index is -1.94. The van der Waals surface area contributed by atoms with Crippen molar-refractivity contribution in [2.75, 3.05) is 7.05 Å². The van der Waals surface area contributed by atoms with Gasteiger partial charge in [-0.25, -0.2) is 0 Å². The van der Waals surface area contributed by atoms with Gasteiger partial charge in [0.1, 0.15) is 5.75 Å². The first kappa shape index (κ1) is 21.7. The number of amides is 4. The highest BCUT2D eigenvalue weighted by Crippen LogP contribution is 2.65. The van der Waals surface area contributed by atoms with Gasteiger partial charge in [0, 0.05) is 18.0 Å². The first-order valence-electron chi connectivity index (χ1n) is 9.90. The van der Waals surface area contributed by atoms with Crippen molar-refractivity contribution in [3.8, 4) is 5.75 Å². The summed E-state index contributed by atoms with van der Waals surface area (Å²) in [5.74, 6) is -6.50. The first-order valence-corrected chi connectivity index (χ1v) is 11.0. The highest BCUT2D eigenvalue weighted by molar-refractivity contribution is 6.53. The van der Waals surface area contributed by atoms with Gasteiger partial charge in [0.15, 0.2) is 9.75 Å². The molecule has 8 nitrogen and oxygen atoms in total. The normalized spacial score (nSPS) is 38.6. The van der Waals surface area contributed by atoms with Crippen molar-refractivity contribution in [3.05, 3.63) is 40.4 Å². The molecular formula is C21H17Cl3N2O6. The van der Waals surface area contributed by atoms with Crippen molar-refractivity contribution in [1.29, 1.82) is 0 Å². The molecule has 2 aliphatic heterocycles. The number of aromatic hydroxyl groups is 1. The maximum absolute atomic E-state index is 13.3. The number of rotatable bonds is 1. The molecule has 0 aromatic heterocycles. The number of phenolic OH excluding ortho intramolecular Hbond substituents is 1. The van der Waals surface area contributed by atoms with Gasteiger partial charge in [-0.2, -0.15) is 5.06 Å². The Balaban J connectivity index is 1.77. The lowest BCUT2D eigenvalue weighted by Gasteiger charge is -2.50. The molecule has 0 radical (unpaired) electrons. The Hall–Kier alpha value is -2.13. The van der Waals surface area contributed by atoms with E-state index in [1.165, 1.54) is 25.2 Å². The molecule has 2 saturated heterocycles. The molecule has 11 heteroatoms. The van der Waals surface area contributed by atoms with E-state index in [-0.39, 0.29) is 28.7 Å². The highest BCUT2D eigenvalue weighted by Gasteiger charge is 2.76. The van der Waals surface area contributed by atoms with Crippen LogP contribution in [-0.2, 0) is 19.2 Å². The number of halogens is 3. The van der Waals surface area contributed by atoms with Gasteiger partial charge in [0.25, 0.3) is 23.6 Å². The van der Waals surface area contributed by atoms with Gasteiger partial charge in [-0.05, 0) is 36.5 Å². The highest BCUT2D eigenvalue weighted by atomic mass is 35.5. The standard InChI is InChI=1S/C21H17Cl3N2O6/c1-25-18(30)20(23)7-12-9(4-5-11-14(12)17(29)26(32)16(11)28)15(21(20,24)19(25)31)10-3-2-8(27)6-13(10)22/h2-4,6,11-12,14-15,27,32H,5,7H2,1H3/t11-,12+,14-,15+,20+,21-/m0/s1. The summed E-state index contributed by atoms with van der Waals surface area (Å²) < 4.78 is 0. The lowest BCUT2D eigenvalue weighted by atomic mass is 9.56. The Kier molecular flexibility index (Phi) is 4.54. The molecule has 168 valence electrons. The van der Waals surface area contributed by atoms with Crippen LogP contribution in [0.1, 0.15) is 24.3 Å². The van der Waals surface area contributed by atoms with Crippen LogP contribution < -0.4 is 0 Å². The van der Waals surface area contributed by atoms with Crippen molar-refractivity contribution >= 4 is 58.4 Å². The molecule has 5 rings (SSSR count). The Morgan fingerprint density at radius 2 is 1.75 bits per heavy atom. The lowest BCUT2D eigenvalue weighted by Crippen LogP contribution is -2.60. The number of likely N-dealkylation sites (tertiary alicyclic amines) is 1. The smallest absolute Gasteiger partial charge is 0.257 e. The molecule has 1 saturated carbocycles. The van der Waals surface area contributed by atoms with Crippen LogP contribution in [0.25, 0.3) is 0 Å². The largest absolute Gasteiger partial charge is 0.508 e. The number of carbonyl (C=O) groups excluding carboxylic acids is 4. The number of hydroxylamine groups is 2. The second-order valence-electron chi connectivity index (χ2n) is 8.69. The van der Waals surface area contributed by atoms with Gasteiger partial charge in [-0.15, -0.1) is 23.2 Å². The molecule has 0 unspecified atom stereocenters. The number of hydrogen-bond donors (Lipinski definition) is 2. The molecule has 0 spiro atoms. The maximum Gasteiger partial charge on any atom is 0.257 e. The molecule has 0 bridgehead atoms. The molecule has 4 amide bonds. The van der Waals surface area contributed by atoms with E-state index in [1.54, 1.807) is 6.08 Å². The zero-order valence-corrected chi connectivity index (χ0v) is 18.9. The van der Waals surface area contributed by atoms with Crippen molar-refractivity contribution < 1.29 is 29.5 Å². The Morgan fingerprint density at radius 1 is 1.06 bits per heavy atom. The summed E-state index contributed by atoms with van der Waals surface area (Å²) in [7, 11) is 1.29. The van der Waals surface area contributed by atoms with Crippen LogP contribution in [0.15, 0.2) is 29.8 Å². The quantitative estimate of drug-likeness (QED) is 0.265. The summed E-state index contributed by atoms with van der Waals surface area (Å²) in [4.78, 5) is 48.6. The number of fused-ring (bicyclic) bond motifs is 4. The second-order valence-corrected chi connectivity index (χ2v) is 10.3. The lowest BCUT2D eigenvalue weighted by molar-refractivity contribution is -0.173. The molecule has 4 aliphatic rings. The molecule has 2 heterocycles. The predicted molar refractivity (Wildman–Crippen MR) is 112 cm³/mol. The average Bonchev–Trinajstić information content (AvgIpc) is 3.04. The average molecular weight is 500 g/mol. The number of imide groups is 2. The molecule has 1 aromatic carbocycles. The first-order chi connectivity index (χ1) is 14.9. The van der Waals surface area contributed by atoms with Crippen LogP contribution in [0.2, 0.25) is 5.02 Å². The Morgan fingerprint density at radius 3 is 2.41 bits per heavy atom. The van der Waals surface area contributed by atoms with Crippen LogP contribution in [0.5, 0.6) is 5.75 Å². The molecule has 3 fully saturated rings. The van der Waals surface area contributed by atoms with E-state index in [0.29, 0.717) is 11.1 Å². The fraction of sp³-hybridized carbons (Fsp3) is 0.429. The van der Waals surface area contributed by atoms with Gasteiger partial charge in [-0.1, -0.05) is 29.3 Å². The maximum atomic E-state index is 13.3. The summed E-state index contributed by atoms with van der Waals surface area (Å²) in [5.41, 5.74) is 0.908. The van der Waals surface area contributed by atoms with Crippen LogP contribution in [0.3, 0.4) is 0 Å². The van der Waals surface area contributed by atoms with Crippen molar-refractivity contribution in [2.45, 2.75) is 28.5 Å². The fourth-order valence-electron chi connectivity index (χ4n) is 5.82. The zero-order chi connectivity index (χ0) is 23.3. The fourth-order valence-corrected chi connectivity index (χ4v) is 7.12. The number of alkyl halides is 2. The van der Waals surface area contributed by atoms with E-state index < -0.39 is 57.0 Å². The number of hydrogen-bond acceptors (Lipinski definition) is 6. The van der Waals surface area contributed by atoms with E-state index >= 15 is 0 Å². The van der Waals surface area contributed by atoms with Crippen molar-refractivity contribution in [1.82, 2.24) is 9.96 Å². The molecule has 1 aromatic rings. The van der Waals surface area contributed by atoms with Gasteiger partial charge in [-0.3, -0.25) is 29.3 Å². The summed E-state index contributed by atoms with van der Waals surface area (Å²) in [6.07, 6.45) is 1.70. The van der Waals surface area contributed by atoms with Gasteiger partial charge >= 0.3 is 0 Å².